The largest absolute Gasteiger partial charge is 0.462 e. The van der Waals surface area contributed by atoms with Gasteiger partial charge in [-0.2, -0.15) is 0 Å². The van der Waals surface area contributed by atoms with Gasteiger partial charge in [0.05, 0.1) is 0 Å². The van der Waals surface area contributed by atoms with E-state index >= 15 is 0 Å². The minimum Gasteiger partial charge on any atom is -0.462 e. The highest BCUT2D eigenvalue weighted by atomic mass is 16.6. The predicted molar refractivity (Wildman–Crippen MR) is 330 cm³/mol. The summed E-state index contributed by atoms with van der Waals surface area (Å²) in [5.41, 5.74) is 0. The van der Waals surface area contributed by atoms with Gasteiger partial charge >= 0.3 is 17.9 Å². The van der Waals surface area contributed by atoms with E-state index in [1.165, 1.54) is 193 Å². The van der Waals surface area contributed by atoms with Gasteiger partial charge in [0.2, 0.25) is 0 Å². The molecule has 6 nitrogen and oxygen atoms in total. The fourth-order valence-electron chi connectivity index (χ4n) is 9.42. The van der Waals surface area contributed by atoms with Crippen LogP contribution in [0, 0.1) is 0 Å². The smallest absolute Gasteiger partial charge is 0.306 e. The molecule has 0 aliphatic rings. The van der Waals surface area contributed by atoms with E-state index in [0.717, 1.165) is 103 Å². The molecule has 0 N–H and O–H groups in total. The van der Waals surface area contributed by atoms with Gasteiger partial charge in [-0.05, 0) is 116 Å². The molecule has 6 heteroatoms. The molecule has 76 heavy (non-hydrogen) atoms. The lowest BCUT2D eigenvalue weighted by atomic mass is 10.0. The molecule has 440 valence electrons. The Morgan fingerprint density at radius 1 is 0.263 bits per heavy atom. The molecule has 0 aliphatic heterocycles. The third kappa shape index (κ3) is 61.7. The van der Waals surface area contributed by atoms with Gasteiger partial charge in [0.15, 0.2) is 6.10 Å². The molecule has 1 atom stereocenters. The summed E-state index contributed by atoms with van der Waals surface area (Å²) >= 11 is 0. The average molecular weight is 1060 g/mol. The monoisotopic (exact) mass is 1060 g/mol. The zero-order valence-electron chi connectivity index (χ0n) is 50.5. The Kier molecular flexibility index (Phi) is 61.7. The van der Waals surface area contributed by atoms with Gasteiger partial charge < -0.3 is 14.2 Å². The number of hydrogen-bond acceptors (Lipinski definition) is 6. The first-order chi connectivity index (χ1) is 37.5. The number of esters is 3. The fraction of sp³-hybridized carbons (Fsp3) is 0.786. The maximum Gasteiger partial charge on any atom is 0.306 e. The van der Waals surface area contributed by atoms with Crippen molar-refractivity contribution in [2.75, 3.05) is 13.2 Å². The Balaban J connectivity index is 4.24. The van der Waals surface area contributed by atoms with Gasteiger partial charge in [-0.1, -0.05) is 273 Å². The molecule has 0 aromatic heterocycles. The van der Waals surface area contributed by atoms with Crippen molar-refractivity contribution in [2.45, 2.75) is 341 Å². The van der Waals surface area contributed by atoms with Crippen LogP contribution in [0.15, 0.2) is 72.9 Å². The Hall–Kier alpha value is -3.15. The summed E-state index contributed by atoms with van der Waals surface area (Å²) in [5, 5.41) is 0. The minimum atomic E-state index is -0.786. The number of hydrogen-bond donors (Lipinski definition) is 0. The Morgan fingerprint density at radius 3 is 0.763 bits per heavy atom. The molecule has 0 saturated heterocycles. The maximum atomic E-state index is 12.9. The summed E-state index contributed by atoms with van der Waals surface area (Å²) < 4.78 is 16.9. The van der Waals surface area contributed by atoms with Crippen LogP contribution in [0.4, 0.5) is 0 Å². The second-order valence-electron chi connectivity index (χ2n) is 22.0. The summed E-state index contributed by atoms with van der Waals surface area (Å²) in [4.78, 5) is 38.3. The van der Waals surface area contributed by atoms with Gasteiger partial charge in [0, 0.05) is 19.3 Å². The summed E-state index contributed by atoms with van der Waals surface area (Å²) in [5.74, 6) is -0.892. The van der Waals surface area contributed by atoms with Crippen LogP contribution in [-0.4, -0.2) is 37.2 Å². The molecule has 0 aromatic rings. The second kappa shape index (κ2) is 64.4. The van der Waals surface area contributed by atoms with Crippen molar-refractivity contribution >= 4 is 17.9 Å². The Morgan fingerprint density at radius 2 is 0.474 bits per heavy atom. The molecule has 0 spiro atoms. The zero-order valence-corrected chi connectivity index (χ0v) is 50.5. The van der Waals surface area contributed by atoms with Gasteiger partial charge in [-0.15, -0.1) is 0 Å². The zero-order chi connectivity index (χ0) is 55.0. The van der Waals surface area contributed by atoms with E-state index in [2.05, 4.69) is 93.7 Å². The average Bonchev–Trinajstić information content (AvgIpc) is 3.42. The summed E-state index contributed by atoms with van der Waals surface area (Å²) in [6.45, 7) is 6.61. The SMILES string of the molecule is CCCCCC/C=C\C/C=C\CCCCCCCC(=O)OC(COC(=O)CCCCCCC/C=C\CCCCCC)COC(=O)CCCCCCCCCCCCCCCC/C=C\C/C=C\C/C=C\CCCCCCC. The van der Waals surface area contributed by atoms with E-state index in [-0.39, 0.29) is 31.1 Å². The van der Waals surface area contributed by atoms with E-state index in [1.54, 1.807) is 0 Å². The molecule has 0 bridgehead atoms. The topological polar surface area (TPSA) is 78.9 Å². The lowest BCUT2D eigenvalue weighted by Crippen LogP contribution is -2.30. The number of carbonyl (C=O) groups excluding carboxylic acids is 3. The van der Waals surface area contributed by atoms with Crippen molar-refractivity contribution in [3.05, 3.63) is 72.9 Å². The van der Waals surface area contributed by atoms with E-state index in [0.29, 0.717) is 19.3 Å². The highest BCUT2D eigenvalue weighted by Gasteiger charge is 2.19. The molecule has 0 saturated carbocycles. The summed E-state index contributed by atoms with van der Waals surface area (Å²) in [6, 6.07) is 0. The van der Waals surface area contributed by atoms with E-state index < -0.39 is 6.10 Å². The quantitative estimate of drug-likeness (QED) is 0.0261. The summed E-state index contributed by atoms with van der Waals surface area (Å²) in [7, 11) is 0. The number of carbonyl (C=O) groups is 3. The number of ether oxygens (including phenoxy) is 3. The van der Waals surface area contributed by atoms with Crippen LogP contribution in [0.5, 0.6) is 0 Å². The van der Waals surface area contributed by atoms with E-state index in [4.69, 9.17) is 14.2 Å². The van der Waals surface area contributed by atoms with Crippen molar-refractivity contribution in [1.29, 1.82) is 0 Å². The molecular formula is C70H124O6. The first-order valence-corrected chi connectivity index (χ1v) is 32.9. The van der Waals surface area contributed by atoms with Gasteiger partial charge in [0.25, 0.3) is 0 Å². The van der Waals surface area contributed by atoms with Crippen molar-refractivity contribution < 1.29 is 28.6 Å². The molecule has 0 amide bonds. The van der Waals surface area contributed by atoms with E-state index in [9.17, 15) is 14.4 Å². The molecule has 1 unspecified atom stereocenters. The van der Waals surface area contributed by atoms with Crippen LogP contribution in [0.1, 0.15) is 335 Å². The second-order valence-corrected chi connectivity index (χ2v) is 22.0. The normalized spacial score (nSPS) is 12.5. The number of allylic oxidation sites excluding steroid dienone is 12. The standard InChI is InChI=1S/C70H124O6/c1-4-7-10-13-16-19-22-25-27-29-30-31-32-33-34-35-36-37-38-39-40-41-43-45-48-51-54-57-60-63-69(72)75-66-67(65-74-68(71)62-59-56-53-50-47-44-24-21-18-15-12-9-6-3)76-70(73)64-61-58-55-52-49-46-42-28-26-23-20-17-14-11-8-5-2/h20-25,28-30,32-33,42,67H,4-19,26-27,31,34-41,43-66H2,1-3H3/b23-20-,24-21-,25-22-,30-29-,33-32-,42-28-. The van der Waals surface area contributed by atoms with Gasteiger partial charge in [0.1, 0.15) is 13.2 Å². The van der Waals surface area contributed by atoms with Crippen LogP contribution < -0.4 is 0 Å². The molecule has 0 aromatic carbocycles. The highest BCUT2D eigenvalue weighted by Crippen LogP contribution is 2.16. The van der Waals surface area contributed by atoms with Crippen LogP contribution in [0.2, 0.25) is 0 Å². The number of unbranched alkanes of at least 4 members (excludes halogenated alkanes) is 37. The van der Waals surface area contributed by atoms with Crippen molar-refractivity contribution in [1.82, 2.24) is 0 Å². The van der Waals surface area contributed by atoms with Gasteiger partial charge in [-0.3, -0.25) is 14.4 Å². The van der Waals surface area contributed by atoms with Crippen LogP contribution in [0.25, 0.3) is 0 Å². The lowest BCUT2D eigenvalue weighted by Gasteiger charge is -2.18. The lowest BCUT2D eigenvalue weighted by molar-refractivity contribution is -0.167. The van der Waals surface area contributed by atoms with Gasteiger partial charge in [-0.25, -0.2) is 0 Å². The molecule has 0 fully saturated rings. The molecule has 0 radical (unpaired) electrons. The molecular weight excluding hydrogens is 937 g/mol. The van der Waals surface area contributed by atoms with E-state index in [1.807, 2.05) is 0 Å². The fourth-order valence-corrected chi connectivity index (χ4v) is 9.42. The third-order valence-corrected chi connectivity index (χ3v) is 14.4. The molecule has 0 heterocycles. The third-order valence-electron chi connectivity index (χ3n) is 14.4. The van der Waals surface area contributed by atoms with Crippen LogP contribution >= 0.6 is 0 Å². The Labute approximate surface area is 472 Å². The first-order valence-electron chi connectivity index (χ1n) is 32.9. The van der Waals surface area contributed by atoms with Crippen molar-refractivity contribution in [3.63, 3.8) is 0 Å². The van der Waals surface area contributed by atoms with Crippen LogP contribution in [0.3, 0.4) is 0 Å². The highest BCUT2D eigenvalue weighted by molar-refractivity contribution is 5.71. The predicted octanol–water partition coefficient (Wildman–Crippen LogP) is 22.5. The Bertz CT molecular complexity index is 1400. The summed E-state index contributed by atoms with van der Waals surface area (Å²) in [6.07, 6.45) is 83.4. The molecule has 0 aliphatic carbocycles. The van der Waals surface area contributed by atoms with Crippen molar-refractivity contribution in [2.24, 2.45) is 0 Å². The maximum absolute atomic E-state index is 12.9. The molecule has 0 rings (SSSR count). The number of rotatable bonds is 60. The minimum absolute atomic E-state index is 0.0821. The van der Waals surface area contributed by atoms with Crippen LogP contribution in [-0.2, 0) is 28.6 Å². The van der Waals surface area contributed by atoms with Crippen molar-refractivity contribution in [3.8, 4) is 0 Å². The first kappa shape index (κ1) is 72.8.